The Hall–Kier alpha value is -0.830. The zero-order valence-electron chi connectivity index (χ0n) is 10.2. The SMILES string of the molecule is CON(C)C(=O)[C@@H](C)CC1=C(C)CCC1. The van der Waals surface area contributed by atoms with Crippen molar-refractivity contribution >= 4 is 5.91 Å². The number of allylic oxidation sites excluding steroid dienone is 2. The van der Waals surface area contributed by atoms with Crippen LogP contribution in [0.1, 0.15) is 39.5 Å². The van der Waals surface area contributed by atoms with Gasteiger partial charge < -0.3 is 0 Å². The van der Waals surface area contributed by atoms with E-state index >= 15 is 0 Å². The summed E-state index contributed by atoms with van der Waals surface area (Å²) in [4.78, 5) is 16.6. The molecule has 0 aromatic carbocycles. The highest BCUT2D eigenvalue weighted by atomic mass is 16.7. The van der Waals surface area contributed by atoms with Crippen LogP contribution in [0.3, 0.4) is 0 Å². The Morgan fingerprint density at radius 2 is 2.20 bits per heavy atom. The van der Waals surface area contributed by atoms with Crippen molar-refractivity contribution in [2.24, 2.45) is 5.92 Å². The van der Waals surface area contributed by atoms with Crippen molar-refractivity contribution in [3.63, 3.8) is 0 Å². The molecule has 0 heterocycles. The average molecular weight is 211 g/mol. The van der Waals surface area contributed by atoms with Gasteiger partial charge in [-0.3, -0.25) is 9.63 Å². The topological polar surface area (TPSA) is 29.5 Å². The predicted octanol–water partition coefficient (Wildman–Crippen LogP) is 2.53. The number of hydroxylamine groups is 2. The molecular formula is C12H21NO2. The van der Waals surface area contributed by atoms with E-state index in [2.05, 4.69) is 6.92 Å². The summed E-state index contributed by atoms with van der Waals surface area (Å²) >= 11 is 0. The summed E-state index contributed by atoms with van der Waals surface area (Å²) in [5.41, 5.74) is 2.95. The fourth-order valence-electron chi connectivity index (χ4n) is 2.09. The number of amides is 1. The quantitative estimate of drug-likeness (QED) is 0.528. The van der Waals surface area contributed by atoms with Gasteiger partial charge in [0.05, 0.1) is 7.11 Å². The minimum absolute atomic E-state index is 0.0259. The second-order valence-corrected chi connectivity index (χ2v) is 4.36. The first-order chi connectivity index (χ1) is 7.06. The second-order valence-electron chi connectivity index (χ2n) is 4.36. The third-order valence-electron chi connectivity index (χ3n) is 3.19. The summed E-state index contributed by atoms with van der Waals surface area (Å²) in [6, 6.07) is 0. The number of carbonyl (C=O) groups is 1. The predicted molar refractivity (Wildman–Crippen MR) is 60.1 cm³/mol. The monoisotopic (exact) mass is 211 g/mol. The fourth-order valence-corrected chi connectivity index (χ4v) is 2.09. The van der Waals surface area contributed by atoms with E-state index in [1.54, 1.807) is 7.05 Å². The summed E-state index contributed by atoms with van der Waals surface area (Å²) in [6.45, 7) is 4.15. The van der Waals surface area contributed by atoms with E-state index in [4.69, 9.17) is 4.84 Å². The van der Waals surface area contributed by atoms with Crippen LogP contribution in [0.4, 0.5) is 0 Å². The third kappa shape index (κ3) is 3.06. The molecule has 0 aromatic heterocycles. The van der Waals surface area contributed by atoms with Crippen LogP contribution in [-0.4, -0.2) is 25.1 Å². The summed E-state index contributed by atoms with van der Waals surface area (Å²) in [6.07, 6.45) is 4.51. The van der Waals surface area contributed by atoms with Crippen LogP contribution < -0.4 is 0 Å². The lowest BCUT2D eigenvalue weighted by molar-refractivity contribution is -0.172. The van der Waals surface area contributed by atoms with Crippen LogP contribution in [0.2, 0.25) is 0 Å². The first-order valence-corrected chi connectivity index (χ1v) is 5.55. The first kappa shape index (κ1) is 12.2. The molecule has 0 unspecified atom stereocenters. The van der Waals surface area contributed by atoms with Gasteiger partial charge in [-0.2, -0.15) is 0 Å². The average Bonchev–Trinajstić information content (AvgIpc) is 2.62. The maximum atomic E-state index is 11.7. The Kier molecular flexibility index (Phi) is 4.33. The molecule has 0 fully saturated rings. The molecule has 1 aliphatic carbocycles. The fraction of sp³-hybridized carbons (Fsp3) is 0.750. The maximum Gasteiger partial charge on any atom is 0.248 e. The van der Waals surface area contributed by atoms with Crippen LogP contribution in [-0.2, 0) is 9.63 Å². The van der Waals surface area contributed by atoms with Gasteiger partial charge in [-0.25, -0.2) is 5.06 Å². The van der Waals surface area contributed by atoms with Crippen molar-refractivity contribution in [1.29, 1.82) is 0 Å². The highest BCUT2D eigenvalue weighted by Gasteiger charge is 2.21. The van der Waals surface area contributed by atoms with E-state index in [9.17, 15) is 4.79 Å². The zero-order chi connectivity index (χ0) is 11.4. The Morgan fingerprint density at radius 3 is 2.67 bits per heavy atom. The number of hydrogen-bond donors (Lipinski definition) is 0. The second kappa shape index (κ2) is 5.31. The summed E-state index contributed by atoms with van der Waals surface area (Å²) in [5, 5.41) is 1.31. The number of nitrogens with zero attached hydrogens (tertiary/aromatic N) is 1. The van der Waals surface area contributed by atoms with Crippen molar-refractivity contribution in [2.45, 2.75) is 39.5 Å². The van der Waals surface area contributed by atoms with E-state index in [1.807, 2.05) is 6.92 Å². The van der Waals surface area contributed by atoms with Crippen molar-refractivity contribution < 1.29 is 9.63 Å². The highest BCUT2D eigenvalue weighted by molar-refractivity contribution is 5.77. The van der Waals surface area contributed by atoms with Crippen molar-refractivity contribution in [3.8, 4) is 0 Å². The number of carbonyl (C=O) groups excluding carboxylic acids is 1. The van der Waals surface area contributed by atoms with Gasteiger partial charge in [0.15, 0.2) is 0 Å². The molecule has 1 rings (SSSR count). The molecule has 0 aromatic rings. The van der Waals surface area contributed by atoms with Crippen molar-refractivity contribution in [3.05, 3.63) is 11.1 Å². The van der Waals surface area contributed by atoms with Crippen LogP contribution in [0.15, 0.2) is 11.1 Å². The van der Waals surface area contributed by atoms with Gasteiger partial charge in [0.2, 0.25) is 5.91 Å². The molecule has 1 aliphatic rings. The van der Waals surface area contributed by atoms with Crippen LogP contribution in [0, 0.1) is 5.92 Å². The van der Waals surface area contributed by atoms with Gasteiger partial charge in [-0.05, 0) is 32.6 Å². The molecule has 0 saturated carbocycles. The zero-order valence-corrected chi connectivity index (χ0v) is 10.2. The van der Waals surface area contributed by atoms with Gasteiger partial charge in [0.1, 0.15) is 0 Å². The molecule has 0 saturated heterocycles. The van der Waals surface area contributed by atoms with Crippen molar-refractivity contribution in [1.82, 2.24) is 5.06 Å². The van der Waals surface area contributed by atoms with Gasteiger partial charge in [-0.15, -0.1) is 0 Å². The molecule has 15 heavy (non-hydrogen) atoms. The molecule has 3 nitrogen and oxygen atoms in total. The Morgan fingerprint density at radius 1 is 1.53 bits per heavy atom. The van der Waals surface area contributed by atoms with Crippen molar-refractivity contribution in [2.75, 3.05) is 14.2 Å². The maximum absolute atomic E-state index is 11.7. The lowest BCUT2D eigenvalue weighted by Gasteiger charge is -2.19. The number of hydrogen-bond acceptors (Lipinski definition) is 2. The minimum Gasteiger partial charge on any atom is -0.275 e. The lowest BCUT2D eigenvalue weighted by Crippen LogP contribution is -2.30. The van der Waals surface area contributed by atoms with Gasteiger partial charge in [-0.1, -0.05) is 18.1 Å². The minimum atomic E-state index is 0.0259. The molecule has 1 amide bonds. The Balaban J connectivity index is 2.51. The lowest BCUT2D eigenvalue weighted by atomic mass is 9.98. The van der Waals surface area contributed by atoms with E-state index in [1.165, 1.54) is 42.6 Å². The molecular weight excluding hydrogens is 190 g/mol. The Labute approximate surface area is 92.0 Å². The van der Waals surface area contributed by atoms with Crippen LogP contribution in [0.5, 0.6) is 0 Å². The molecule has 0 radical (unpaired) electrons. The molecule has 3 heteroatoms. The molecule has 0 bridgehead atoms. The van der Waals surface area contributed by atoms with Gasteiger partial charge >= 0.3 is 0 Å². The molecule has 0 spiro atoms. The number of rotatable bonds is 4. The third-order valence-corrected chi connectivity index (χ3v) is 3.19. The van der Waals surface area contributed by atoms with E-state index in [0.717, 1.165) is 6.42 Å². The highest BCUT2D eigenvalue weighted by Crippen LogP contribution is 2.30. The van der Waals surface area contributed by atoms with E-state index in [0.29, 0.717) is 0 Å². The van der Waals surface area contributed by atoms with Gasteiger partial charge in [0, 0.05) is 13.0 Å². The summed E-state index contributed by atoms with van der Waals surface area (Å²) in [5.74, 6) is 0.0858. The molecule has 86 valence electrons. The van der Waals surface area contributed by atoms with Gasteiger partial charge in [0.25, 0.3) is 0 Å². The largest absolute Gasteiger partial charge is 0.275 e. The summed E-state index contributed by atoms with van der Waals surface area (Å²) < 4.78 is 0. The molecule has 0 aliphatic heterocycles. The standard InChI is InChI=1S/C12H21NO2/c1-9-6-5-7-11(9)8-10(2)12(14)13(3)15-4/h10H,5-8H2,1-4H3/t10-/m0/s1. The van der Waals surface area contributed by atoms with E-state index < -0.39 is 0 Å². The molecule has 0 N–H and O–H groups in total. The smallest absolute Gasteiger partial charge is 0.248 e. The van der Waals surface area contributed by atoms with E-state index in [-0.39, 0.29) is 11.8 Å². The van der Waals surface area contributed by atoms with Crippen LogP contribution >= 0.6 is 0 Å². The molecule has 1 atom stereocenters. The Bertz CT molecular complexity index is 271. The normalized spacial score (nSPS) is 18.1. The van der Waals surface area contributed by atoms with Crippen LogP contribution in [0.25, 0.3) is 0 Å². The summed E-state index contributed by atoms with van der Waals surface area (Å²) in [7, 11) is 3.18. The first-order valence-electron chi connectivity index (χ1n) is 5.55.